The molecule has 1 saturated carbocycles. The van der Waals surface area contributed by atoms with Crippen LogP contribution in [0.1, 0.15) is 38.3 Å². The summed E-state index contributed by atoms with van der Waals surface area (Å²) in [6.45, 7) is 4.84. The molecule has 4 aromatic rings. The Labute approximate surface area is 168 Å². The molecule has 0 atom stereocenters. The van der Waals surface area contributed by atoms with E-state index in [9.17, 15) is 0 Å². The van der Waals surface area contributed by atoms with Gasteiger partial charge >= 0.3 is 0 Å². The molecule has 8 heteroatoms. The molecule has 4 aromatic heterocycles. The van der Waals surface area contributed by atoms with Crippen LogP contribution in [0, 0.1) is 6.92 Å². The Morgan fingerprint density at radius 3 is 2.86 bits per heavy atom. The molecule has 2 N–H and O–H groups in total. The number of rotatable bonds is 5. The van der Waals surface area contributed by atoms with Gasteiger partial charge in [-0.15, -0.1) is 0 Å². The summed E-state index contributed by atoms with van der Waals surface area (Å²) in [7, 11) is 0. The second-order valence-corrected chi connectivity index (χ2v) is 7.62. The van der Waals surface area contributed by atoms with Gasteiger partial charge in [-0.05, 0) is 51.7 Å². The van der Waals surface area contributed by atoms with Crippen LogP contribution in [0.2, 0.25) is 0 Å². The summed E-state index contributed by atoms with van der Waals surface area (Å²) in [6.07, 6.45) is 10.4. The SMILES string of the molecule is CCOC1CCC(Nc2ncc3c(-c4ccc5ncc(C)n5n4)c[nH]c3n2)CC1. The molecule has 0 aliphatic heterocycles. The Hall–Kier alpha value is -3.00. The minimum Gasteiger partial charge on any atom is -0.379 e. The number of nitrogens with zero attached hydrogens (tertiary/aromatic N) is 5. The lowest BCUT2D eigenvalue weighted by atomic mass is 9.93. The Bertz CT molecular complexity index is 1140. The van der Waals surface area contributed by atoms with Gasteiger partial charge in [0.2, 0.25) is 5.95 Å². The van der Waals surface area contributed by atoms with Gasteiger partial charge in [0.15, 0.2) is 5.65 Å². The first kappa shape index (κ1) is 18.1. The van der Waals surface area contributed by atoms with Crippen LogP contribution in [0.25, 0.3) is 27.9 Å². The van der Waals surface area contributed by atoms with E-state index in [0.717, 1.165) is 65.9 Å². The zero-order valence-corrected chi connectivity index (χ0v) is 16.7. The number of aromatic nitrogens is 6. The van der Waals surface area contributed by atoms with E-state index in [2.05, 4.69) is 32.2 Å². The molecule has 150 valence electrons. The maximum atomic E-state index is 5.74. The second kappa shape index (κ2) is 7.44. The van der Waals surface area contributed by atoms with Crippen molar-refractivity contribution < 1.29 is 4.74 Å². The van der Waals surface area contributed by atoms with Crippen LogP contribution in [0.15, 0.2) is 30.7 Å². The first-order valence-electron chi connectivity index (χ1n) is 10.3. The standard InChI is InChI=1S/C21H25N7O/c1-3-29-15-6-4-14(5-7-15)25-21-24-12-17-16(11-23-20(17)26-21)18-8-9-19-22-10-13(2)28(19)27-18/h8-12,14-15H,3-7H2,1-2H3,(H2,23,24,25,26). The average molecular weight is 391 g/mol. The van der Waals surface area contributed by atoms with Gasteiger partial charge in [0.05, 0.1) is 23.7 Å². The summed E-state index contributed by atoms with van der Waals surface area (Å²) in [6, 6.07) is 4.35. The van der Waals surface area contributed by atoms with Crippen LogP contribution in [0.4, 0.5) is 5.95 Å². The van der Waals surface area contributed by atoms with Gasteiger partial charge in [-0.25, -0.2) is 14.5 Å². The molecule has 0 spiro atoms. The third-order valence-electron chi connectivity index (χ3n) is 5.65. The van der Waals surface area contributed by atoms with E-state index in [0.29, 0.717) is 18.1 Å². The molecule has 4 heterocycles. The van der Waals surface area contributed by atoms with Gasteiger partial charge < -0.3 is 15.0 Å². The van der Waals surface area contributed by atoms with Crippen molar-refractivity contribution in [2.45, 2.75) is 51.7 Å². The maximum Gasteiger partial charge on any atom is 0.224 e. The van der Waals surface area contributed by atoms with Crippen LogP contribution >= 0.6 is 0 Å². The number of hydrogen-bond donors (Lipinski definition) is 2. The average Bonchev–Trinajstić information content (AvgIpc) is 3.33. The number of anilines is 1. The molecule has 1 fully saturated rings. The molecule has 5 rings (SSSR count). The normalized spacial score (nSPS) is 19.8. The van der Waals surface area contributed by atoms with E-state index in [1.165, 1.54) is 0 Å². The van der Waals surface area contributed by atoms with Crippen LogP contribution in [-0.4, -0.2) is 48.3 Å². The summed E-state index contributed by atoms with van der Waals surface area (Å²) in [5, 5.41) is 9.16. The quantitative estimate of drug-likeness (QED) is 0.538. The van der Waals surface area contributed by atoms with Gasteiger partial charge in [-0.3, -0.25) is 0 Å². The van der Waals surface area contributed by atoms with Gasteiger partial charge in [-0.1, -0.05) is 0 Å². The number of fused-ring (bicyclic) bond motifs is 2. The zero-order valence-electron chi connectivity index (χ0n) is 16.7. The fraction of sp³-hybridized carbons (Fsp3) is 0.429. The molecular weight excluding hydrogens is 366 g/mol. The van der Waals surface area contributed by atoms with Crippen molar-refractivity contribution in [3.63, 3.8) is 0 Å². The highest BCUT2D eigenvalue weighted by molar-refractivity contribution is 5.92. The summed E-state index contributed by atoms with van der Waals surface area (Å²) in [4.78, 5) is 16.9. The Morgan fingerprint density at radius 2 is 2.03 bits per heavy atom. The van der Waals surface area contributed by atoms with E-state index < -0.39 is 0 Å². The maximum absolute atomic E-state index is 5.74. The van der Waals surface area contributed by atoms with Crippen molar-refractivity contribution >= 4 is 22.6 Å². The van der Waals surface area contributed by atoms with E-state index >= 15 is 0 Å². The lowest BCUT2D eigenvalue weighted by Crippen LogP contribution is -2.30. The van der Waals surface area contributed by atoms with Crippen LogP contribution in [-0.2, 0) is 4.74 Å². The molecule has 29 heavy (non-hydrogen) atoms. The molecule has 0 amide bonds. The first-order valence-corrected chi connectivity index (χ1v) is 10.3. The number of imidazole rings is 1. The minimum atomic E-state index is 0.395. The third-order valence-corrected chi connectivity index (χ3v) is 5.65. The van der Waals surface area contributed by atoms with Crippen LogP contribution in [0.5, 0.6) is 0 Å². The Morgan fingerprint density at radius 1 is 1.17 bits per heavy atom. The first-order chi connectivity index (χ1) is 14.2. The monoisotopic (exact) mass is 391 g/mol. The number of aryl methyl sites for hydroxylation is 1. The van der Waals surface area contributed by atoms with Crippen molar-refractivity contribution in [2.24, 2.45) is 0 Å². The van der Waals surface area contributed by atoms with Crippen LogP contribution in [0.3, 0.4) is 0 Å². The predicted molar refractivity (Wildman–Crippen MR) is 112 cm³/mol. The summed E-state index contributed by atoms with van der Waals surface area (Å²) >= 11 is 0. The van der Waals surface area contributed by atoms with Crippen molar-refractivity contribution in [2.75, 3.05) is 11.9 Å². The fourth-order valence-electron chi connectivity index (χ4n) is 4.11. The molecule has 0 unspecified atom stereocenters. The summed E-state index contributed by atoms with van der Waals surface area (Å²) < 4.78 is 7.59. The van der Waals surface area contributed by atoms with Crippen molar-refractivity contribution in [1.82, 2.24) is 29.5 Å². The van der Waals surface area contributed by atoms with E-state index in [4.69, 9.17) is 9.84 Å². The molecule has 0 bridgehead atoms. The highest BCUT2D eigenvalue weighted by atomic mass is 16.5. The molecule has 8 nitrogen and oxygen atoms in total. The topological polar surface area (TPSA) is 93.0 Å². The highest BCUT2D eigenvalue weighted by Gasteiger charge is 2.22. The molecule has 0 radical (unpaired) electrons. The largest absolute Gasteiger partial charge is 0.379 e. The van der Waals surface area contributed by atoms with Crippen LogP contribution < -0.4 is 5.32 Å². The third kappa shape index (κ3) is 3.44. The molecule has 1 aliphatic carbocycles. The smallest absolute Gasteiger partial charge is 0.224 e. The summed E-state index contributed by atoms with van der Waals surface area (Å²) in [5.41, 5.74) is 4.50. The Kier molecular flexibility index (Phi) is 4.63. The van der Waals surface area contributed by atoms with Crippen molar-refractivity contribution in [3.05, 3.63) is 36.4 Å². The van der Waals surface area contributed by atoms with Gasteiger partial charge in [0, 0.05) is 36.0 Å². The fourth-order valence-corrected chi connectivity index (χ4v) is 4.11. The number of nitrogens with one attached hydrogen (secondary N) is 2. The van der Waals surface area contributed by atoms with E-state index in [1.54, 1.807) is 0 Å². The van der Waals surface area contributed by atoms with Gasteiger partial charge in [-0.2, -0.15) is 10.1 Å². The van der Waals surface area contributed by atoms with Gasteiger partial charge in [0.1, 0.15) is 5.65 Å². The Balaban J connectivity index is 1.36. The number of H-pyrrole nitrogens is 1. The molecule has 1 aliphatic rings. The second-order valence-electron chi connectivity index (χ2n) is 7.62. The predicted octanol–water partition coefficient (Wildman–Crippen LogP) is 3.74. The lowest BCUT2D eigenvalue weighted by Gasteiger charge is -2.28. The number of aromatic amines is 1. The molecular formula is C21H25N7O. The lowest BCUT2D eigenvalue weighted by molar-refractivity contribution is 0.0346. The minimum absolute atomic E-state index is 0.395. The molecule has 0 aromatic carbocycles. The number of ether oxygens (including phenoxy) is 1. The summed E-state index contributed by atoms with van der Waals surface area (Å²) in [5.74, 6) is 0.666. The van der Waals surface area contributed by atoms with E-state index in [1.807, 2.05) is 42.2 Å². The van der Waals surface area contributed by atoms with Crippen molar-refractivity contribution in [1.29, 1.82) is 0 Å². The highest BCUT2D eigenvalue weighted by Crippen LogP contribution is 2.28. The van der Waals surface area contributed by atoms with Gasteiger partial charge in [0.25, 0.3) is 0 Å². The molecule has 0 saturated heterocycles. The zero-order chi connectivity index (χ0) is 19.8. The van der Waals surface area contributed by atoms with Crippen molar-refractivity contribution in [3.8, 4) is 11.3 Å². The van der Waals surface area contributed by atoms with E-state index in [-0.39, 0.29) is 0 Å². The number of hydrogen-bond acceptors (Lipinski definition) is 6.